The first kappa shape index (κ1) is 10.8. The number of fused-ring (bicyclic) bond motifs is 2. The maximum atomic E-state index is 12.0. The fourth-order valence-corrected chi connectivity index (χ4v) is 3.65. The largest absolute Gasteiger partial charge is 0.285 e. The third-order valence-electron chi connectivity index (χ3n) is 3.29. The van der Waals surface area contributed by atoms with Gasteiger partial charge in [-0.2, -0.15) is 0 Å². The van der Waals surface area contributed by atoms with Crippen LogP contribution in [0.3, 0.4) is 0 Å². The summed E-state index contributed by atoms with van der Waals surface area (Å²) in [4.78, 5) is 25.0. The highest BCUT2D eigenvalue weighted by Crippen LogP contribution is 2.45. The van der Waals surface area contributed by atoms with Crippen molar-refractivity contribution in [3.05, 3.63) is 41.0 Å². The number of hydrogen-bond acceptors (Lipinski definition) is 3. The molecule has 1 heterocycles. The predicted molar refractivity (Wildman–Crippen MR) is 69.0 cm³/mol. The molecule has 0 amide bonds. The lowest BCUT2D eigenvalue weighted by atomic mass is 9.87. The van der Waals surface area contributed by atoms with Gasteiger partial charge in [-0.25, -0.2) is 0 Å². The van der Waals surface area contributed by atoms with Crippen LogP contribution in [0.5, 0.6) is 0 Å². The minimum Gasteiger partial charge on any atom is -0.285 e. The van der Waals surface area contributed by atoms with Crippen LogP contribution >= 0.6 is 11.8 Å². The average Bonchev–Trinajstić information content (AvgIpc) is 2.36. The van der Waals surface area contributed by atoms with E-state index in [0.29, 0.717) is 10.8 Å². The maximum Gasteiger partial charge on any atom is 0.233 e. The van der Waals surface area contributed by atoms with Gasteiger partial charge in [0.2, 0.25) is 11.6 Å². The third kappa shape index (κ3) is 1.57. The Kier molecular flexibility index (Phi) is 2.44. The Hall–Kier alpha value is -1.35. The van der Waals surface area contributed by atoms with Crippen molar-refractivity contribution in [1.82, 2.24) is 0 Å². The van der Waals surface area contributed by atoms with Crippen molar-refractivity contribution in [2.24, 2.45) is 0 Å². The fraction of sp³-hybridized carbons (Fsp3) is 0.286. The number of thioether (sulfide) groups is 1. The molecule has 1 aromatic rings. The summed E-state index contributed by atoms with van der Waals surface area (Å²) in [6, 6.07) is 7.43. The summed E-state index contributed by atoms with van der Waals surface area (Å²) in [5.41, 5.74) is 2.25. The topological polar surface area (TPSA) is 34.1 Å². The Morgan fingerprint density at radius 1 is 1.12 bits per heavy atom. The van der Waals surface area contributed by atoms with Gasteiger partial charge in [-0.3, -0.25) is 9.59 Å². The zero-order valence-corrected chi connectivity index (χ0v) is 10.3. The molecule has 1 unspecified atom stereocenters. The first-order valence-corrected chi connectivity index (χ1v) is 6.64. The number of ketones is 2. The second-order valence-corrected chi connectivity index (χ2v) is 5.93. The van der Waals surface area contributed by atoms with Gasteiger partial charge in [0.05, 0.1) is 0 Å². The summed E-state index contributed by atoms with van der Waals surface area (Å²) in [6.07, 6.45) is 1.72. The van der Waals surface area contributed by atoms with Crippen molar-refractivity contribution in [2.45, 2.75) is 25.0 Å². The Morgan fingerprint density at radius 3 is 2.59 bits per heavy atom. The van der Waals surface area contributed by atoms with Crippen molar-refractivity contribution in [3.63, 3.8) is 0 Å². The van der Waals surface area contributed by atoms with E-state index in [1.54, 1.807) is 17.8 Å². The highest BCUT2D eigenvalue weighted by atomic mass is 32.2. The number of allylic oxidation sites excluding steroid dienone is 1. The Labute approximate surface area is 104 Å². The summed E-state index contributed by atoms with van der Waals surface area (Å²) in [5.74, 6) is -0.632. The van der Waals surface area contributed by atoms with Crippen LogP contribution in [0.4, 0.5) is 0 Å². The van der Waals surface area contributed by atoms with Crippen molar-refractivity contribution in [3.8, 4) is 0 Å². The zero-order chi connectivity index (χ0) is 12.0. The second kappa shape index (κ2) is 3.84. The lowest BCUT2D eigenvalue weighted by molar-refractivity contribution is -0.112. The van der Waals surface area contributed by atoms with Crippen molar-refractivity contribution < 1.29 is 9.59 Å². The quantitative estimate of drug-likeness (QED) is 0.658. The van der Waals surface area contributed by atoms with Gasteiger partial charge in [0, 0.05) is 21.3 Å². The molecule has 3 heteroatoms. The molecule has 0 saturated carbocycles. The molecular formula is C14H12O2S. The lowest BCUT2D eigenvalue weighted by Gasteiger charge is -2.27. The maximum absolute atomic E-state index is 12.0. The number of Topliss-reactive ketones (excluding diaryl/α,β-unsaturated/α-hetero) is 2. The molecule has 1 aliphatic heterocycles. The second-order valence-electron chi connectivity index (χ2n) is 4.48. The number of carbonyl (C=O) groups excluding carboxylic acids is 2. The van der Waals surface area contributed by atoms with E-state index in [0.717, 1.165) is 28.9 Å². The van der Waals surface area contributed by atoms with E-state index >= 15 is 0 Å². The molecule has 0 aromatic heterocycles. The highest BCUT2D eigenvalue weighted by Gasteiger charge is 2.35. The molecule has 1 aromatic carbocycles. The van der Waals surface area contributed by atoms with Gasteiger partial charge in [-0.15, -0.1) is 11.8 Å². The first-order valence-electron chi connectivity index (χ1n) is 5.76. The van der Waals surface area contributed by atoms with Crippen LogP contribution in [0, 0.1) is 0 Å². The standard InChI is InChI=1S/C14H12O2S/c1-8-6-7-11-13(16)12(15)9-4-2-3-5-10(9)14(11)17-8/h2-5,8H,6-7H2,1H3. The number of carbonyl (C=O) groups is 2. The minimum atomic E-state index is -0.338. The third-order valence-corrected chi connectivity index (χ3v) is 4.63. The Morgan fingerprint density at radius 2 is 1.82 bits per heavy atom. The van der Waals surface area contributed by atoms with E-state index in [1.807, 2.05) is 18.2 Å². The van der Waals surface area contributed by atoms with E-state index in [9.17, 15) is 9.59 Å². The van der Waals surface area contributed by atoms with Gasteiger partial charge >= 0.3 is 0 Å². The first-order chi connectivity index (χ1) is 8.18. The van der Waals surface area contributed by atoms with Crippen LogP contribution in [0.2, 0.25) is 0 Å². The summed E-state index contributed by atoms with van der Waals surface area (Å²) < 4.78 is 0. The molecule has 3 rings (SSSR count). The molecule has 0 fully saturated rings. The molecule has 0 bridgehead atoms. The number of rotatable bonds is 0. The predicted octanol–water partition coefficient (Wildman–Crippen LogP) is 3.08. The molecular weight excluding hydrogens is 232 g/mol. The van der Waals surface area contributed by atoms with Crippen LogP contribution < -0.4 is 0 Å². The van der Waals surface area contributed by atoms with Crippen LogP contribution in [-0.2, 0) is 4.79 Å². The summed E-state index contributed by atoms with van der Waals surface area (Å²) in [7, 11) is 0. The molecule has 86 valence electrons. The average molecular weight is 244 g/mol. The van der Waals surface area contributed by atoms with Crippen LogP contribution in [-0.4, -0.2) is 16.8 Å². The molecule has 0 N–H and O–H groups in total. The summed E-state index contributed by atoms with van der Waals surface area (Å²) >= 11 is 1.73. The van der Waals surface area contributed by atoms with E-state index in [4.69, 9.17) is 0 Å². The molecule has 1 atom stereocenters. The molecule has 2 nitrogen and oxygen atoms in total. The highest BCUT2D eigenvalue weighted by molar-refractivity contribution is 8.09. The van der Waals surface area contributed by atoms with Gasteiger partial charge in [-0.05, 0) is 18.4 Å². The fourth-order valence-electron chi connectivity index (χ4n) is 2.37. The van der Waals surface area contributed by atoms with E-state index in [2.05, 4.69) is 6.92 Å². The van der Waals surface area contributed by atoms with E-state index in [-0.39, 0.29) is 11.6 Å². The van der Waals surface area contributed by atoms with E-state index in [1.165, 1.54) is 0 Å². The van der Waals surface area contributed by atoms with Crippen LogP contribution in [0.25, 0.3) is 4.91 Å². The van der Waals surface area contributed by atoms with Gasteiger partial charge in [-0.1, -0.05) is 31.2 Å². The normalized spacial score (nSPS) is 23.5. The van der Waals surface area contributed by atoms with Gasteiger partial charge in [0.15, 0.2) is 0 Å². The Bertz CT molecular complexity index is 557. The van der Waals surface area contributed by atoms with E-state index < -0.39 is 0 Å². The smallest absolute Gasteiger partial charge is 0.233 e. The molecule has 17 heavy (non-hydrogen) atoms. The minimum absolute atomic E-state index is 0.293. The van der Waals surface area contributed by atoms with Crippen LogP contribution in [0.15, 0.2) is 29.8 Å². The zero-order valence-electron chi connectivity index (χ0n) is 9.53. The van der Waals surface area contributed by atoms with Crippen molar-refractivity contribution >= 4 is 28.2 Å². The number of hydrogen-bond donors (Lipinski definition) is 0. The van der Waals surface area contributed by atoms with Gasteiger partial charge in [0.25, 0.3) is 0 Å². The summed E-state index contributed by atoms with van der Waals surface area (Å²) in [5, 5.41) is 0.516. The SMILES string of the molecule is CC1CCC2=C(S1)c1ccccc1C(=O)C2=O. The van der Waals surface area contributed by atoms with Gasteiger partial charge in [0.1, 0.15) is 0 Å². The monoisotopic (exact) mass is 244 g/mol. The molecule has 2 aliphatic rings. The van der Waals surface area contributed by atoms with Crippen molar-refractivity contribution in [2.75, 3.05) is 0 Å². The number of benzene rings is 1. The van der Waals surface area contributed by atoms with Crippen molar-refractivity contribution in [1.29, 1.82) is 0 Å². The lowest BCUT2D eigenvalue weighted by Crippen LogP contribution is -2.26. The summed E-state index contributed by atoms with van der Waals surface area (Å²) in [6.45, 7) is 2.16. The molecule has 0 spiro atoms. The Balaban J connectivity index is 2.24. The molecule has 0 saturated heterocycles. The van der Waals surface area contributed by atoms with Gasteiger partial charge < -0.3 is 0 Å². The molecule has 1 aliphatic carbocycles. The molecule has 0 radical (unpaired) electrons. The van der Waals surface area contributed by atoms with Crippen LogP contribution in [0.1, 0.15) is 35.7 Å².